The molecule has 0 saturated heterocycles. The SMILES string of the molecule is CC(=O)C(=O)C1CCNc2ccc(Oc3ccc(Cl)cc3)cc21. The predicted molar refractivity (Wildman–Crippen MR) is 89.5 cm³/mol. The number of ether oxygens (including phenoxy) is 1. The number of rotatable bonds is 4. The molecule has 3 rings (SSSR count). The lowest BCUT2D eigenvalue weighted by Gasteiger charge is -2.25. The second-order valence-corrected chi connectivity index (χ2v) is 5.93. The standard InChI is InChI=1S/C18H16ClNO3/c1-11(21)18(22)15-8-9-20-17-7-6-14(10-16(15)17)23-13-4-2-12(19)3-5-13/h2-7,10,15,20H,8-9H2,1H3. The van der Waals surface area contributed by atoms with Crippen LogP contribution in [0.4, 0.5) is 5.69 Å². The number of ketones is 2. The van der Waals surface area contributed by atoms with E-state index in [1.807, 2.05) is 18.2 Å². The zero-order chi connectivity index (χ0) is 16.4. The highest BCUT2D eigenvalue weighted by atomic mass is 35.5. The van der Waals surface area contributed by atoms with Crippen LogP contribution in [-0.2, 0) is 9.59 Å². The second kappa shape index (κ2) is 6.42. The number of hydrogen-bond donors (Lipinski definition) is 1. The van der Waals surface area contributed by atoms with Crippen molar-refractivity contribution in [3.63, 3.8) is 0 Å². The monoisotopic (exact) mass is 329 g/mol. The van der Waals surface area contributed by atoms with E-state index in [2.05, 4.69) is 5.32 Å². The van der Waals surface area contributed by atoms with Gasteiger partial charge in [0.2, 0.25) is 5.78 Å². The van der Waals surface area contributed by atoms with Gasteiger partial charge in [-0.1, -0.05) is 11.6 Å². The van der Waals surface area contributed by atoms with Gasteiger partial charge in [0.1, 0.15) is 11.5 Å². The maximum absolute atomic E-state index is 12.1. The minimum Gasteiger partial charge on any atom is -0.457 e. The van der Waals surface area contributed by atoms with Crippen molar-refractivity contribution in [2.24, 2.45) is 0 Å². The van der Waals surface area contributed by atoms with Crippen LogP contribution >= 0.6 is 11.6 Å². The largest absolute Gasteiger partial charge is 0.457 e. The molecule has 5 heteroatoms. The average Bonchev–Trinajstić information content (AvgIpc) is 2.55. The predicted octanol–water partition coefficient (Wildman–Crippen LogP) is 4.19. The third kappa shape index (κ3) is 3.37. The Kier molecular flexibility index (Phi) is 4.35. The van der Waals surface area contributed by atoms with Gasteiger partial charge in [0.05, 0.1) is 5.92 Å². The van der Waals surface area contributed by atoms with Gasteiger partial charge in [0.15, 0.2) is 5.78 Å². The molecule has 118 valence electrons. The Morgan fingerprint density at radius 2 is 1.83 bits per heavy atom. The number of nitrogens with one attached hydrogen (secondary N) is 1. The molecule has 0 aliphatic carbocycles. The van der Waals surface area contributed by atoms with Gasteiger partial charge in [-0.2, -0.15) is 0 Å². The first-order valence-corrected chi connectivity index (χ1v) is 7.78. The van der Waals surface area contributed by atoms with Crippen LogP contribution in [0.2, 0.25) is 5.02 Å². The van der Waals surface area contributed by atoms with Crippen molar-refractivity contribution >= 4 is 28.9 Å². The third-order valence-electron chi connectivity index (χ3n) is 3.86. The van der Waals surface area contributed by atoms with Crippen molar-refractivity contribution in [2.75, 3.05) is 11.9 Å². The molecule has 4 nitrogen and oxygen atoms in total. The Bertz CT molecular complexity index is 755. The van der Waals surface area contributed by atoms with E-state index >= 15 is 0 Å². The molecule has 1 unspecified atom stereocenters. The van der Waals surface area contributed by atoms with E-state index < -0.39 is 11.7 Å². The van der Waals surface area contributed by atoms with Crippen LogP contribution in [0.25, 0.3) is 0 Å². The van der Waals surface area contributed by atoms with E-state index in [-0.39, 0.29) is 5.78 Å². The van der Waals surface area contributed by atoms with E-state index in [0.29, 0.717) is 29.5 Å². The number of benzene rings is 2. The third-order valence-corrected chi connectivity index (χ3v) is 4.11. The number of halogens is 1. The normalized spacial score (nSPS) is 16.2. The molecule has 0 amide bonds. The first-order valence-electron chi connectivity index (χ1n) is 7.40. The first-order chi connectivity index (χ1) is 11.0. The van der Waals surface area contributed by atoms with E-state index in [4.69, 9.17) is 16.3 Å². The van der Waals surface area contributed by atoms with Crippen LogP contribution in [-0.4, -0.2) is 18.1 Å². The van der Waals surface area contributed by atoms with Crippen LogP contribution in [0.1, 0.15) is 24.8 Å². The fourth-order valence-electron chi connectivity index (χ4n) is 2.72. The highest BCUT2D eigenvalue weighted by Gasteiger charge is 2.29. The van der Waals surface area contributed by atoms with Gasteiger partial charge in [-0.3, -0.25) is 9.59 Å². The van der Waals surface area contributed by atoms with Gasteiger partial charge in [-0.05, 0) is 54.4 Å². The zero-order valence-corrected chi connectivity index (χ0v) is 13.4. The number of fused-ring (bicyclic) bond motifs is 1. The molecule has 1 atom stereocenters. The zero-order valence-electron chi connectivity index (χ0n) is 12.6. The minimum absolute atomic E-state index is 0.351. The Hall–Kier alpha value is -2.33. The van der Waals surface area contributed by atoms with Crippen LogP contribution in [0.15, 0.2) is 42.5 Å². The molecule has 0 radical (unpaired) electrons. The summed E-state index contributed by atoms with van der Waals surface area (Å²) in [5.74, 6) is 0.115. The fourth-order valence-corrected chi connectivity index (χ4v) is 2.84. The van der Waals surface area contributed by atoms with Gasteiger partial charge < -0.3 is 10.1 Å². The van der Waals surface area contributed by atoms with Crippen molar-refractivity contribution < 1.29 is 14.3 Å². The Balaban J connectivity index is 1.90. The van der Waals surface area contributed by atoms with Crippen molar-refractivity contribution in [3.05, 3.63) is 53.1 Å². The molecule has 0 bridgehead atoms. The molecule has 2 aromatic carbocycles. The molecule has 1 heterocycles. The summed E-state index contributed by atoms with van der Waals surface area (Å²) in [4.78, 5) is 23.6. The number of anilines is 1. The molecule has 1 aliphatic heterocycles. The van der Waals surface area contributed by atoms with E-state index in [9.17, 15) is 9.59 Å². The fraction of sp³-hybridized carbons (Fsp3) is 0.222. The molecule has 0 aromatic heterocycles. The molecule has 0 spiro atoms. The molecule has 0 fully saturated rings. The lowest BCUT2D eigenvalue weighted by Crippen LogP contribution is -2.26. The average molecular weight is 330 g/mol. The summed E-state index contributed by atoms with van der Waals surface area (Å²) in [6, 6.07) is 12.6. The Morgan fingerprint density at radius 3 is 2.52 bits per heavy atom. The minimum atomic E-state index is -0.410. The first kappa shape index (κ1) is 15.6. The molecule has 2 aromatic rings. The summed E-state index contributed by atoms with van der Waals surface area (Å²) in [6.45, 7) is 1.99. The molecular weight excluding hydrogens is 314 g/mol. The number of Topliss-reactive ketones (excluding diaryl/α,β-unsaturated/α-hetero) is 2. The van der Waals surface area contributed by atoms with Crippen molar-refractivity contribution in [1.82, 2.24) is 0 Å². The lowest BCUT2D eigenvalue weighted by atomic mass is 9.86. The summed E-state index contributed by atoms with van der Waals surface area (Å²) >= 11 is 5.86. The van der Waals surface area contributed by atoms with E-state index in [1.165, 1.54) is 6.92 Å². The van der Waals surface area contributed by atoms with Crippen LogP contribution < -0.4 is 10.1 Å². The molecule has 1 aliphatic rings. The Labute approximate surface area is 139 Å². The van der Waals surface area contributed by atoms with Crippen LogP contribution in [0, 0.1) is 0 Å². The number of carbonyl (C=O) groups excluding carboxylic acids is 2. The van der Waals surface area contributed by atoms with Crippen molar-refractivity contribution in [1.29, 1.82) is 0 Å². The van der Waals surface area contributed by atoms with Gasteiger partial charge >= 0.3 is 0 Å². The summed E-state index contributed by atoms with van der Waals surface area (Å²) in [5, 5.41) is 3.89. The number of hydrogen-bond acceptors (Lipinski definition) is 4. The highest BCUT2D eigenvalue weighted by Crippen LogP contribution is 2.36. The molecular formula is C18H16ClNO3. The van der Waals surface area contributed by atoms with Gasteiger partial charge in [0, 0.05) is 24.2 Å². The molecule has 1 N–H and O–H groups in total. The van der Waals surface area contributed by atoms with Crippen molar-refractivity contribution in [3.8, 4) is 11.5 Å². The quantitative estimate of drug-likeness (QED) is 0.854. The van der Waals surface area contributed by atoms with Gasteiger partial charge in [-0.25, -0.2) is 0 Å². The maximum Gasteiger partial charge on any atom is 0.205 e. The van der Waals surface area contributed by atoms with Crippen molar-refractivity contribution in [2.45, 2.75) is 19.3 Å². The second-order valence-electron chi connectivity index (χ2n) is 5.49. The summed E-state index contributed by atoms with van der Waals surface area (Å²) in [7, 11) is 0. The lowest BCUT2D eigenvalue weighted by molar-refractivity contribution is -0.136. The summed E-state index contributed by atoms with van der Waals surface area (Å²) in [6.07, 6.45) is 0.607. The smallest absolute Gasteiger partial charge is 0.205 e. The maximum atomic E-state index is 12.1. The van der Waals surface area contributed by atoms with Gasteiger partial charge in [-0.15, -0.1) is 0 Å². The van der Waals surface area contributed by atoms with E-state index in [0.717, 1.165) is 11.3 Å². The Morgan fingerprint density at radius 1 is 1.13 bits per heavy atom. The molecule has 23 heavy (non-hydrogen) atoms. The topological polar surface area (TPSA) is 55.4 Å². The number of carbonyl (C=O) groups is 2. The summed E-state index contributed by atoms with van der Waals surface area (Å²) in [5.41, 5.74) is 1.68. The van der Waals surface area contributed by atoms with Crippen LogP contribution in [0.5, 0.6) is 11.5 Å². The van der Waals surface area contributed by atoms with E-state index in [1.54, 1.807) is 24.3 Å². The van der Waals surface area contributed by atoms with Gasteiger partial charge in [0.25, 0.3) is 0 Å². The van der Waals surface area contributed by atoms with Crippen LogP contribution in [0.3, 0.4) is 0 Å². The highest BCUT2D eigenvalue weighted by molar-refractivity contribution is 6.38. The molecule has 0 saturated carbocycles. The summed E-state index contributed by atoms with van der Waals surface area (Å²) < 4.78 is 5.81.